The lowest BCUT2D eigenvalue weighted by atomic mass is 10.1. The summed E-state index contributed by atoms with van der Waals surface area (Å²) in [6.45, 7) is 5.61. The minimum atomic E-state index is -0.0156. The lowest BCUT2D eigenvalue weighted by molar-refractivity contribution is 0.654. The number of hydrogen-bond acceptors (Lipinski definition) is 3. The third kappa shape index (κ3) is 1.90. The number of aromatic nitrogens is 1. The summed E-state index contributed by atoms with van der Waals surface area (Å²) >= 11 is 0. The Labute approximate surface area is 72.3 Å². The molecule has 12 heavy (non-hydrogen) atoms. The Morgan fingerprint density at radius 2 is 2.42 bits per heavy atom. The fraction of sp³-hybridized carbons (Fsp3) is 0.222. The van der Waals surface area contributed by atoms with Gasteiger partial charge < -0.3 is 0 Å². The van der Waals surface area contributed by atoms with Crippen molar-refractivity contribution in [1.82, 2.24) is 10.4 Å². The SMILES string of the molecule is C=CC(NN)c1ccc(C)nc1. The van der Waals surface area contributed by atoms with Gasteiger partial charge >= 0.3 is 0 Å². The van der Waals surface area contributed by atoms with Crippen LogP contribution in [0.3, 0.4) is 0 Å². The van der Waals surface area contributed by atoms with E-state index in [2.05, 4.69) is 17.0 Å². The molecule has 0 saturated carbocycles. The smallest absolute Gasteiger partial charge is 0.0653 e. The number of hydrogen-bond donors (Lipinski definition) is 2. The summed E-state index contributed by atoms with van der Waals surface area (Å²) in [7, 11) is 0. The largest absolute Gasteiger partial charge is 0.271 e. The Morgan fingerprint density at radius 3 is 2.83 bits per heavy atom. The molecule has 0 aliphatic rings. The van der Waals surface area contributed by atoms with Crippen LogP contribution < -0.4 is 11.3 Å². The minimum Gasteiger partial charge on any atom is -0.271 e. The third-order valence-corrected chi connectivity index (χ3v) is 1.71. The molecule has 1 aromatic rings. The Kier molecular flexibility index (Phi) is 2.96. The van der Waals surface area contributed by atoms with Crippen LogP contribution in [0.25, 0.3) is 0 Å². The molecule has 0 aromatic carbocycles. The van der Waals surface area contributed by atoms with Crippen LogP contribution >= 0.6 is 0 Å². The highest BCUT2D eigenvalue weighted by molar-refractivity contribution is 5.20. The molecule has 0 aliphatic carbocycles. The lowest BCUT2D eigenvalue weighted by Crippen LogP contribution is -2.26. The molecular weight excluding hydrogens is 150 g/mol. The highest BCUT2D eigenvalue weighted by atomic mass is 15.2. The molecule has 0 spiro atoms. The summed E-state index contributed by atoms with van der Waals surface area (Å²) in [5, 5.41) is 0. The van der Waals surface area contributed by atoms with Crippen molar-refractivity contribution in [2.45, 2.75) is 13.0 Å². The van der Waals surface area contributed by atoms with E-state index in [4.69, 9.17) is 5.84 Å². The number of nitrogens with one attached hydrogen (secondary N) is 1. The Balaban J connectivity index is 2.87. The summed E-state index contributed by atoms with van der Waals surface area (Å²) < 4.78 is 0. The molecule has 0 radical (unpaired) electrons. The second-order valence-corrected chi connectivity index (χ2v) is 2.61. The molecule has 0 bridgehead atoms. The maximum Gasteiger partial charge on any atom is 0.0653 e. The van der Waals surface area contributed by atoms with Gasteiger partial charge in [0.1, 0.15) is 0 Å². The van der Waals surface area contributed by atoms with Crippen molar-refractivity contribution in [2.24, 2.45) is 5.84 Å². The van der Waals surface area contributed by atoms with Crippen molar-refractivity contribution in [3.05, 3.63) is 42.2 Å². The molecule has 0 saturated heterocycles. The molecule has 0 fully saturated rings. The summed E-state index contributed by atoms with van der Waals surface area (Å²) in [6.07, 6.45) is 3.54. The van der Waals surface area contributed by atoms with E-state index in [1.165, 1.54) is 0 Å². The van der Waals surface area contributed by atoms with Crippen LogP contribution in [0.1, 0.15) is 17.3 Å². The first-order valence-electron chi connectivity index (χ1n) is 3.79. The average molecular weight is 163 g/mol. The van der Waals surface area contributed by atoms with E-state index in [1.54, 1.807) is 12.3 Å². The molecule has 1 unspecified atom stereocenters. The van der Waals surface area contributed by atoms with Gasteiger partial charge in [0.05, 0.1) is 6.04 Å². The van der Waals surface area contributed by atoms with Crippen molar-refractivity contribution < 1.29 is 0 Å². The van der Waals surface area contributed by atoms with Crippen LogP contribution in [0.4, 0.5) is 0 Å². The van der Waals surface area contributed by atoms with Crippen LogP contribution in [0, 0.1) is 6.92 Å². The van der Waals surface area contributed by atoms with Gasteiger partial charge in [-0.05, 0) is 18.6 Å². The Morgan fingerprint density at radius 1 is 1.67 bits per heavy atom. The van der Waals surface area contributed by atoms with E-state index < -0.39 is 0 Å². The Bertz CT molecular complexity index is 253. The standard InChI is InChI=1S/C9H13N3/c1-3-9(12-10)8-5-4-7(2)11-6-8/h3-6,9,12H,1,10H2,2H3. The molecule has 3 heteroatoms. The molecule has 0 amide bonds. The number of rotatable bonds is 3. The zero-order valence-corrected chi connectivity index (χ0v) is 7.12. The third-order valence-electron chi connectivity index (χ3n) is 1.71. The summed E-state index contributed by atoms with van der Waals surface area (Å²) in [6, 6.07) is 3.91. The first kappa shape index (κ1) is 8.90. The van der Waals surface area contributed by atoms with Gasteiger partial charge in [0.2, 0.25) is 0 Å². The quantitative estimate of drug-likeness (QED) is 0.398. The van der Waals surface area contributed by atoms with E-state index in [9.17, 15) is 0 Å². The van der Waals surface area contributed by atoms with E-state index >= 15 is 0 Å². The fourth-order valence-electron chi connectivity index (χ4n) is 0.964. The molecule has 1 aromatic heterocycles. The fourth-order valence-corrected chi connectivity index (χ4v) is 0.964. The highest BCUT2D eigenvalue weighted by Crippen LogP contribution is 2.11. The number of pyridine rings is 1. The molecule has 3 nitrogen and oxygen atoms in total. The predicted molar refractivity (Wildman–Crippen MR) is 49.2 cm³/mol. The predicted octanol–water partition coefficient (Wildman–Crippen LogP) is 1.08. The molecular formula is C9H13N3. The lowest BCUT2D eigenvalue weighted by Gasteiger charge is -2.10. The minimum absolute atomic E-state index is 0.0156. The maximum absolute atomic E-state index is 5.30. The number of nitrogens with two attached hydrogens (primary N) is 1. The first-order chi connectivity index (χ1) is 5.77. The first-order valence-corrected chi connectivity index (χ1v) is 3.79. The average Bonchev–Trinajstić information content (AvgIpc) is 2.10. The van der Waals surface area contributed by atoms with Crippen LogP contribution in [-0.4, -0.2) is 4.98 Å². The van der Waals surface area contributed by atoms with Gasteiger partial charge in [0, 0.05) is 11.9 Å². The van der Waals surface area contributed by atoms with Gasteiger partial charge in [0.25, 0.3) is 0 Å². The molecule has 64 valence electrons. The van der Waals surface area contributed by atoms with Crippen molar-refractivity contribution in [3.63, 3.8) is 0 Å². The van der Waals surface area contributed by atoms with Gasteiger partial charge in [0.15, 0.2) is 0 Å². The molecule has 0 aliphatic heterocycles. The summed E-state index contributed by atoms with van der Waals surface area (Å²) in [5.41, 5.74) is 4.65. The second-order valence-electron chi connectivity index (χ2n) is 2.61. The second kappa shape index (κ2) is 3.99. The van der Waals surface area contributed by atoms with Crippen LogP contribution in [-0.2, 0) is 0 Å². The Hall–Kier alpha value is -1.19. The van der Waals surface area contributed by atoms with Gasteiger partial charge in [-0.2, -0.15) is 0 Å². The van der Waals surface area contributed by atoms with Gasteiger partial charge in [-0.1, -0.05) is 12.1 Å². The normalized spacial score (nSPS) is 12.5. The molecule has 1 rings (SSSR count). The molecule has 3 N–H and O–H groups in total. The zero-order valence-electron chi connectivity index (χ0n) is 7.12. The molecule has 1 heterocycles. The van der Waals surface area contributed by atoms with Crippen molar-refractivity contribution in [1.29, 1.82) is 0 Å². The van der Waals surface area contributed by atoms with Gasteiger partial charge in [-0.3, -0.25) is 10.8 Å². The molecule has 1 atom stereocenters. The maximum atomic E-state index is 5.30. The highest BCUT2D eigenvalue weighted by Gasteiger charge is 2.03. The van der Waals surface area contributed by atoms with Crippen molar-refractivity contribution >= 4 is 0 Å². The van der Waals surface area contributed by atoms with Crippen LogP contribution in [0.2, 0.25) is 0 Å². The topological polar surface area (TPSA) is 50.9 Å². The van der Waals surface area contributed by atoms with E-state index in [0.29, 0.717) is 0 Å². The van der Waals surface area contributed by atoms with Gasteiger partial charge in [-0.15, -0.1) is 6.58 Å². The van der Waals surface area contributed by atoms with Crippen LogP contribution in [0.15, 0.2) is 31.0 Å². The van der Waals surface area contributed by atoms with Gasteiger partial charge in [-0.25, -0.2) is 5.43 Å². The van der Waals surface area contributed by atoms with Crippen molar-refractivity contribution in [2.75, 3.05) is 0 Å². The number of aryl methyl sites for hydroxylation is 1. The van der Waals surface area contributed by atoms with E-state index in [-0.39, 0.29) is 6.04 Å². The summed E-state index contributed by atoms with van der Waals surface area (Å²) in [4.78, 5) is 4.15. The van der Waals surface area contributed by atoms with Crippen LogP contribution in [0.5, 0.6) is 0 Å². The number of nitrogens with zero attached hydrogens (tertiary/aromatic N) is 1. The zero-order chi connectivity index (χ0) is 8.97. The monoisotopic (exact) mass is 163 g/mol. The van der Waals surface area contributed by atoms with E-state index in [0.717, 1.165) is 11.3 Å². The van der Waals surface area contributed by atoms with Crippen molar-refractivity contribution in [3.8, 4) is 0 Å². The summed E-state index contributed by atoms with van der Waals surface area (Å²) in [5.74, 6) is 5.30. The van der Waals surface area contributed by atoms with E-state index in [1.807, 2.05) is 19.1 Å². The number of hydrazine groups is 1.